The van der Waals surface area contributed by atoms with Gasteiger partial charge in [-0.25, -0.2) is 0 Å². The number of hydrogen-bond donors (Lipinski definition) is 2. The van der Waals surface area contributed by atoms with Crippen LogP contribution in [0.2, 0.25) is 0 Å². The van der Waals surface area contributed by atoms with Crippen molar-refractivity contribution in [2.45, 2.75) is 0 Å². The molecule has 3 heteroatoms. The lowest BCUT2D eigenvalue weighted by Gasteiger charge is -2.13. The molecule has 2 heterocycles. The summed E-state index contributed by atoms with van der Waals surface area (Å²) < 4.78 is 0. The van der Waals surface area contributed by atoms with Crippen molar-refractivity contribution in [1.29, 1.82) is 0 Å². The van der Waals surface area contributed by atoms with Crippen LogP contribution in [0.5, 0.6) is 0 Å². The van der Waals surface area contributed by atoms with Gasteiger partial charge in [-0.3, -0.25) is 4.98 Å². The van der Waals surface area contributed by atoms with E-state index in [0.29, 0.717) is 12.3 Å². The van der Waals surface area contributed by atoms with Gasteiger partial charge < -0.3 is 10.4 Å². The van der Waals surface area contributed by atoms with Crippen molar-refractivity contribution in [2.24, 2.45) is 0 Å². The van der Waals surface area contributed by atoms with E-state index in [1.165, 1.54) is 0 Å². The highest BCUT2D eigenvalue weighted by Gasteiger charge is 2.07. The first-order valence-corrected chi connectivity index (χ1v) is 3.45. The molecule has 0 aromatic carbocycles. The van der Waals surface area contributed by atoms with E-state index in [-0.39, 0.29) is 0 Å². The van der Waals surface area contributed by atoms with E-state index >= 15 is 0 Å². The Hall–Kier alpha value is -1.51. The summed E-state index contributed by atoms with van der Waals surface area (Å²) in [5.41, 5.74) is 1.78. The fourth-order valence-corrected chi connectivity index (χ4v) is 1.08. The predicted molar refractivity (Wildman–Crippen MR) is 43.3 cm³/mol. The molecule has 1 aromatic heterocycles. The van der Waals surface area contributed by atoms with Crippen LogP contribution in [0, 0.1) is 0 Å². The van der Waals surface area contributed by atoms with Gasteiger partial charge in [-0.05, 0) is 12.1 Å². The van der Waals surface area contributed by atoms with E-state index in [2.05, 4.69) is 10.3 Å². The summed E-state index contributed by atoms with van der Waals surface area (Å²) in [5, 5.41) is 12.1. The molecule has 1 aromatic rings. The van der Waals surface area contributed by atoms with Gasteiger partial charge in [-0.2, -0.15) is 0 Å². The Kier molecular flexibility index (Phi) is 1.28. The van der Waals surface area contributed by atoms with Crippen LogP contribution in [-0.4, -0.2) is 16.6 Å². The molecular weight excluding hydrogens is 140 g/mol. The van der Waals surface area contributed by atoms with Crippen LogP contribution in [0.1, 0.15) is 5.69 Å². The van der Waals surface area contributed by atoms with Gasteiger partial charge in [0.2, 0.25) is 0 Å². The molecule has 0 saturated heterocycles. The van der Waals surface area contributed by atoms with Crippen LogP contribution in [-0.2, 0) is 0 Å². The maximum Gasteiger partial charge on any atom is 0.114 e. The minimum atomic E-state index is 0.330. The first-order valence-electron chi connectivity index (χ1n) is 3.45. The average Bonchev–Trinajstić information content (AvgIpc) is 2.04. The lowest BCUT2D eigenvalue weighted by atomic mass is 10.2. The molecule has 0 bridgehead atoms. The molecule has 0 aliphatic carbocycles. The number of nitrogens with one attached hydrogen (secondary N) is 1. The zero-order valence-electron chi connectivity index (χ0n) is 5.91. The molecule has 0 fully saturated rings. The summed E-state index contributed by atoms with van der Waals surface area (Å²) in [4.78, 5) is 4.07. The number of nitrogens with zero attached hydrogens (tertiary/aromatic N) is 1. The Morgan fingerprint density at radius 1 is 1.55 bits per heavy atom. The molecule has 0 unspecified atom stereocenters. The molecule has 0 saturated carbocycles. The molecule has 0 radical (unpaired) electrons. The Morgan fingerprint density at radius 3 is 3.36 bits per heavy atom. The van der Waals surface area contributed by atoms with Gasteiger partial charge in [0.05, 0.1) is 17.9 Å². The van der Waals surface area contributed by atoms with E-state index in [9.17, 15) is 0 Å². The summed E-state index contributed by atoms with van der Waals surface area (Å²) >= 11 is 0. The summed E-state index contributed by atoms with van der Waals surface area (Å²) in [6.45, 7) is 0.499. The molecule has 0 atom stereocenters. The number of aliphatic hydroxyl groups is 1. The Morgan fingerprint density at radius 2 is 2.45 bits per heavy atom. The van der Waals surface area contributed by atoms with E-state index < -0.39 is 0 Å². The number of pyridine rings is 1. The molecule has 0 amide bonds. The first-order chi connectivity index (χ1) is 5.36. The largest absolute Gasteiger partial charge is 0.510 e. The monoisotopic (exact) mass is 148 g/mol. The van der Waals surface area contributed by atoms with Crippen LogP contribution in [0.4, 0.5) is 5.69 Å². The molecule has 1 aliphatic heterocycles. The Labute approximate surface area is 64.4 Å². The van der Waals surface area contributed by atoms with E-state index in [4.69, 9.17) is 5.11 Å². The summed E-state index contributed by atoms with van der Waals surface area (Å²) in [6.07, 6.45) is 3.38. The molecule has 1 aliphatic rings. The van der Waals surface area contributed by atoms with Gasteiger partial charge in [0, 0.05) is 12.3 Å². The number of aliphatic hydroxyl groups excluding tert-OH is 1. The zero-order valence-corrected chi connectivity index (χ0v) is 5.91. The van der Waals surface area contributed by atoms with Crippen molar-refractivity contribution >= 4 is 11.8 Å². The maximum atomic E-state index is 9.11. The zero-order chi connectivity index (χ0) is 7.68. The molecule has 3 nitrogen and oxygen atoms in total. The molecule has 0 spiro atoms. The summed E-state index contributed by atoms with van der Waals surface area (Å²) in [7, 11) is 0. The van der Waals surface area contributed by atoms with Crippen LogP contribution >= 0.6 is 0 Å². The highest BCUT2D eigenvalue weighted by Crippen LogP contribution is 2.18. The number of aromatic nitrogens is 1. The van der Waals surface area contributed by atoms with Crippen molar-refractivity contribution in [3.05, 3.63) is 29.8 Å². The second kappa shape index (κ2) is 2.27. The third-order valence-electron chi connectivity index (χ3n) is 1.60. The van der Waals surface area contributed by atoms with E-state index in [1.54, 1.807) is 12.3 Å². The second-order valence-electron chi connectivity index (χ2n) is 2.43. The third kappa shape index (κ3) is 1.05. The van der Waals surface area contributed by atoms with Gasteiger partial charge in [-0.1, -0.05) is 0 Å². The summed E-state index contributed by atoms with van der Waals surface area (Å²) in [6, 6.07) is 3.80. The van der Waals surface area contributed by atoms with Crippen LogP contribution in [0.3, 0.4) is 0 Å². The topological polar surface area (TPSA) is 45.2 Å². The van der Waals surface area contributed by atoms with E-state index in [1.807, 2.05) is 12.1 Å². The van der Waals surface area contributed by atoms with Crippen LogP contribution < -0.4 is 5.32 Å². The van der Waals surface area contributed by atoms with E-state index in [0.717, 1.165) is 11.4 Å². The smallest absolute Gasteiger partial charge is 0.114 e. The number of hydrogen-bond acceptors (Lipinski definition) is 3. The van der Waals surface area contributed by atoms with Crippen molar-refractivity contribution < 1.29 is 5.11 Å². The van der Waals surface area contributed by atoms with Gasteiger partial charge in [0.25, 0.3) is 0 Å². The minimum absolute atomic E-state index is 0.330. The molecule has 11 heavy (non-hydrogen) atoms. The Balaban J connectivity index is 2.51. The molecule has 2 N–H and O–H groups in total. The lowest BCUT2D eigenvalue weighted by Crippen LogP contribution is -2.10. The van der Waals surface area contributed by atoms with Gasteiger partial charge >= 0.3 is 0 Å². The lowest BCUT2D eigenvalue weighted by molar-refractivity contribution is 0.412. The highest BCUT2D eigenvalue weighted by molar-refractivity contribution is 5.67. The molecule has 2 rings (SSSR count). The highest BCUT2D eigenvalue weighted by atomic mass is 16.3. The fraction of sp³-hybridized carbons (Fsp3) is 0.125. The van der Waals surface area contributed by atoms with Crippen molar-refractivity contribution in [3.8, 4) is 0 Å². The molecular formula is C8H8N2O. The normalized spacial score (nSPS) is 14.7. The molecule has 56 valence electrons. The minimum Gasteiger partial charge on any atom is -0.510 e. The summed E-state index contributed by atoms with van der Waals surface area (Å²) in [5.74, 6) is 0.330. The van der Waals surface area contributed by atoms with Gasteiger partial charge in [0.15, 0.2) is 0 Å². The number of fused-ring (bicyclic) bond motifs is 1. The SMILES string of the molecule is OC1=Cc2ncccc2NC1. The Bertz CT molecular complexity index is 307. The first kappa shape index (κ1) is 6.22. The quantitative estimate of drug-likeness (QED) is 0.584. The fourth-order valence-electron chi connectivity index (χ4n) is 1.08. The van der Waals surface area contributed by atoms with Crippen molar-refractivity contribution in [2.75, 3.05) is 11.9 Å². The standard InChI is InChI=1S/C8H8N2O/c11-6-4-8-7(10-5-6)2-1-3-9-8/h1-4,10-11H,5H2. The third-order valence-corrected chi connectivity index (χ3v) is 1.60. The maximum absolute atomic E-state index is 9.11. The van der Waals surface area contributed by atoms with Crippen LogP contribution in [0.25, 0.3) is 6.08 Å². The van der Waals surface area contributed by atoms with Gasteiger partial charge in [-0.15, -0.1) is 0 Å². The van der Waals surface area contributed by atoms with Gasteiger partial charge in [0.1, 0.15) is 5.76 Å². The van der Waals surface area contributed by atoms with Crippen molar-refractivity contribution in [3.63, 3.8) is 0 Å². The second-order valence-corrected chi connectivity index (χ2v) is 2.43. The van der Waals surface area contributed by atoms with Crippen LogP contribution in [0.15, 0.2) is 24.1 Å². The number of rotatable bonds is 0. The average molecular weight is 148 g/mol. The van der Waals surface area contributed by atoms with Crippen molar-refractivity contribution in [1.82, 2.24) is 4.98 Å². The predicted octanol–water partition coefficient (Wildman–Crippen LogP) is 1.41. The number of anilines is 1.